The van der Waals surface area contributed by atoms with Gasteiger partial charge in [0, 0.05) is 12.5 Å². The molecule has 21 heavy (non-hydrogen) atoms. The molecule has 0 atom stereocenters. The Bertz CT molecular complexity index is 402. The SMILES string of the molecule is COCCOCCOCCOCc1csc(C(=O)NN)n1. The number of nitrogen functional groups attached to an aromatic ring is 1. The second kappa shape index (κ2) is 11.5. The van der Waals surface area contributed by atoms with Crippen molar-refractivity contribution in [3.63, 3.8) is 0 Å². The van der Waals surface area contributed by atoms with Crippen molar-refractivity contribution in [2.24, 2.45) is 5.84 Å². The maximum atomic E-state index is 11.2. The Kier molecular flexibility index (Phi) is 9.87. The summed E-state index contributed by atoms with van der Waals surface area (Å²) in [7, 11) is 1.63. The molecule has 0 saturated carbocycles. The van der Waals surface area contributed by atoms with Crippen LogP contribution in [0.25, 0.3) is 0 Å². The Hall–Kier alpha value is -1.10. The monoisotopic (exact) mass is 319 g/mol. The van der Waals surface area contributed by atoms with Gasteiger partial charge in [-0.25, -0.2) is 10.8 Å². The van der Waals surface area contributed by atoms with Gasteiger partial charge in [-0.2, -0.15) is 0 Å². The summed E-state index contributed by atoms with van der Waals surface area (Å²) in [6.45, 7) is 3.47. The third kappa shape index (κ3) is 8.05. The summed E-state index contributed by atoms with van der Waals surface area (Å²) >= 11 is 1.22. The van der Waals surface area contributed by atoms with Crippen LogP contribution in [0, 0.1) is 0 Å². The van der Waals surface area contributed by atoms with E-state index < -0.39 is 5.91 Å². The number of carbonyl (C=O) groups is 1. The number of hydrogen-bond donors (Lipinski definition) is 2. The number of carbonyl (C=O) groups excluding carboxylic acids is 1. The topological polar surface area (TPSA) is 105 Å². The molecule has 1 amide bonds. The van der Waals surface area contributed by atoms with Crippen molar-refractivity contribution >= 4 is 17.2 Å². The number of nitrogens with zero attached hydrogens (tertiary/aromatic N) is 1. The number of nitrogens with two attached hydrogens (primary N) is 1. The maximum Gasteiger partial charge on any atom is 0.294 e. The summed E-state index contributed by atoms with van der Waals surface area (Å²) in [4.78, 5) is 15.3. The molecule has 8 nitrogen and oxygen atoms in total. The summed E-state index contributed by atoms with van der Waals surface area (Å²) in [6, 6.07) is 0. The van der Waals surface area contributed by atoms with E-state index in [1.807, 2.05) is 5.43 Å². The van der Waals surface area contributed by atoms with Gasteiger partial charge < -0.3 is 18.9 Å². The Morgan fingerprint density at radius 2 is 1.81 bits per heavy atom. The first-order valence-corrected chi connectivity index (χ1v) is 7.33. The third-order valence-corrected chi connectivity index (χ3v) is 3.19. The number of hydrogen-bond acceptors (Lipinski definition) is 8. The van der Waals surface area contributed by atoms with Gasteiger partial charge in [-0.3, -0.25) is 10.2 Å². The maximum absolute atomic E-state index is 11.2. The fourth-order valence-electron chi connectivity index (χ4n) is 1.30. The van der Waals surface area contributed by atoms with Gasteiger partial charge >= 0.3 is 0 Å². The lowest BCUT2D eigenvalue weighted by Crippen LogP contribution is -2.29. The number of amides is 1. The second-order valence-electron chi connectivity index (χ2n) is 3.89. The summed E-state index contributed by atoms with van der Waals surface area (Å²) in [5.41, 5.74) is 2.73. The molecule has 1 heterocycles. The van der Waals surface area contributed by atoms with Gasteiger partial charge in [0.15, 0.2) is 5.01 Å². The zero-order valence-electron chi connectivity index (χ0n) is 12.0. The molecule has 120 valence electrons. The molecule has 0 unspecified atom stereocenters. The van der Waals surface area contributed by atoms with Gasteiger partial charge in [-0.15, -0.1) is 11.3 Å². The van der Waals surface area contributed by atoms with Crippen molar-refractivity contribution in [1.29, 1.82) is 0 Å². The van der Waals surface area contributed by atoms with E-state index in [1.54, 1.807) is 12.5 Å². The number of hydrazine groups is 1. The Labute approximate surface area is 127 Å². The molecular formula is C12H21N3O5S. The highest BCUT2D eigenvalue weighted by Crippen LogP contribution is 2.10. The van der Waals surface area contributed by atoms with Gasteiger partial charge in [0.05, 0.1) is 51.9 Å². The van der Waals surface area contributed by atoms with E-state index >= 15 is 0 Å². The highest BCUT2D eigenvalue weighted by atomic mass is 32.1. The standard InChI is InChI=1S/C12H21N3O5S/c1-17-2-3-18-4-5-19-6-7-20-8-10-9-21-12(14-10)11(16)15-13/h9H,2-8,13H2,1H3,(H,15,16). The Morgan fingerprint density at radius 1 is 1.19 bits per heavy atom. The number of nitrogens with one attached hydrogen (secondary N) is 1. The molecule has 1 aromatic rings. The molecule has 0 spiro atoms. The highest BCUT2D eigenvalue weighted by Gasteiger charge is 2.09. The molecule has 3 N–H and O–H groups in total. The van der Waals surface area contributed by atoms with Crippen molar-refractivity contribution in [3.05, 3.63) is 16.1 Å². The minimum absolute atomic E-state index is 0.320. The van der Waals surface area contributed by atoms with Crippen LogP contribution >= 0.6 is 11.3 Å². The van der Waals surface area contributed by atoms with Gasteiger partial charge in [-0.1, -0.05) is 0 Å². The molecule has 1 aromatic heterocycles. The van der Waals surface area contributed by atoms with E-state index in [0.29, 0.717) is 56.9 Å². The number of methoxy groups -OCH3 is 1. The van der Waals surface area contributed by atoms with Crippen LogP contribution in [0.5, 0.6) is 0 Å². The van der Waals surface area contributed by atoms with Gasteiger partial charge in [-0.05, 0) is 0 Å². The first kappa shape index (κ1) is 18.0. The smallest absolute Gasteiger partial charge is 0.294 e. The number of rotatable bonds is 12. The van der Waals surface area contributed by atoms with E-state index in [2.05, 4.69) is 4.98 Å². The van der Waals surface area contributed by atoms with Crippen LogP contribution in [0.1, 0.15) is 15.5 Å². The van der Waals surface area contributed by atoms with E-state index in [9.17, 15) is 4.79 Å². The van der Waals surface area contributed by atoms with Crippen molar-refractivity contribution in [2.75, 3.05) is 46.8 Å². The summed E-state index contributed by atoms with van der Waals surface area (Å²) in [5.74, 6) is 4.62. The first-order valence-electron chi connectivity index (χ1n) is 6.45. The zero-order valence-corrected chi connectivity index (χ0v) is 12.8. The normalized spacial score (nSPS) is 10.8. The highest BCUT2D eigenvalue weighted by molar-refractivity contribution is 7.11. The summed E-state index contributed by atoms with van der Waals surface area (Å²) in [6.07, 6.45) is 0. The summed E-state index contributed by atoms with van der Waals surface area (Å²) in [5, 5.41) is 2.08. The molecule has 0 aliphatic rings. The van der Waals surface area contributed by atoms with E-state index in [0.717, 1.165) is 0 Å². The second-order valence-corrected chi connectivity index (χ2v) is 4.75. The van der Waals surface area contributed by atoms with Crippen LogP contribution in [0.2, 0.25) is 0 Å². The van der Waals surface area contributed by atoms with E-state index in [4.69, 9.17) is 24.8 Å². The van der Waals surface area contributed by atoms with Gasteiger partial charge in [0.25, 0.3) is 5.91 Å². The molecule has 0 bridgehead atoms. The van der Waals surface area contributed by atoms with Gasteiger partial charge in [0.1, 0.15) is 0 Å². The number of thiazole rings is 1. The average molecular weight is 319 g/mol. The fraction of sp³-hybridized carbons (Fsp3) is 0.667. The molecule has 1 rings (SSSR count). The molecule has 0 aromatic carbocycles. The quantitative estimate of drug-likeness (QED) is 0.241. The molecule has 0 saturated heterocycles. The van der Waals surface area contributed by atoms with Crippen molar-refractivity contribution < 1.29 is 23.7 Å². The third-order valence-electron chi connectivity index (χ3n) is 2.30. The molecular weight excluding hydrogens is 298 g/mol. The fourth-order valence-corrected chi connectivity index (χ4v) is 2.00. The molecule has 0 radical (unpaired) electrons. The van der Waals surface area contributed by atoms with Crippen LogP contribution < -0.4 is 11.3 Å². The predicted octanol–water partition coefficient (Wildman–Crippen LogP) is -0.0572. The lowest BCUT2D eigenvalue weighted by Gasteiger charge is -2.05. The molecule has 0 fully saturated rings. The zero-order chi connectivity index (χ0) is 15.3. The summed E-state index contributed by atoms with van der Waals surface area (Å²) < 4.78 is 20.8. The van der Waals surface area contributed by atoms with Crippen molar-refractivity contribution in [3.8, 4) is 0 Å². The first-order chi connectivity index (χ1) is 10.3. The van der Waals surface area contributed by atoms with Crippen LogP contribution in [0.15, 0.2) is 5.38 Å². The van der Waals surface area contributed by atoms with Crippen molar-refractivity contribution in [1.82, 2.24) is 10.4 Å². The molecule has 9 heteroatoms. The predicted molar refractivity (Wildman–Crippen MR) is 76.9 cm³/mol. The molecule has 0 aliphatic carbocycles. The van der Waals surface area contributed by atoms with Crippen LogP contribution in [-0.2, 0) is 25.6 Å². The molecule has 0 aliphatic heterocycles. The van der Waals surface area contributed by atoms with Crippen molar-refractivity contribution in [2.45, 2.75) is 6.61 Å². The van der Waals surface area contributed by atoms with E-state index in [-0.39, 0.29) is 0 Å². The number of ether oxygens (including phenoxy) is 4. The minimum atomic E-state index is -0.400. The van der Waals surface area contributed by atoms with Gasteiger partial charge in [0.2, 0.25) is 0 Å². The Morgan fingerprint density at radius 3 is 2.43 bits per heavy atom. The van der Waals surface area contributed by atoms with Crippen LogP contribution in [0.4, 0.5) is 0 Å². The van der Waals surface area contributed by atoms with Crippen LogP contribution in [0.3, 0.4) is 0 Å². The average Bonchev–Trinajstić information content (AvgIpc) is 2.97. The lowest BCUT2D eigenvalue weighted by molar-refractivity contribution is 0.000514. The lowest BCUT2D eigenvalue weighted by atomic mass is 10.5. The minimum Gasteiger partial charge on any atom is -0.382 e. The van der Waals surface area contributed by atoms with E-state index in [1.165, 1.54) is 11.3 Å². The number of aromatic nitrogens is 1. The Balaban J connectivity index is 1.97. The van der Waals surface area contributed by atoms with Crippen LogP contribution in [-0.4, -0.2) is 57.6 Å². The largest absolute Gasteiger partial charge is 0.382 e.